The molecular weight excluding hydrogens is 566 g/mol. The number of carboxylic acid groups (broad SMARTS) is 1. The quantitative estimate of drug-likeness (QED) is 0.383. The summed E-state index contributed by atoms with van der Waals surface area (Å²) in [6.07, 6.45) is 4.20. The van der Waals surface area contributed by atoms with Crippen LogP contribution in [0.25, 0.3) is 10.9 Å². The van der Waals surface area contributed by atoms with E-state index in [2.05, 4.69) is 16.9 Å². The van der Waals surface area contributed by atoms with Gasteiger partial charge in [-0.1, -0.05) is 26.8 Å². The van der Waals surface area contributed by atoms with E-state index in [1.165, 1.54) is 11.0 Å². The molecule has 1 saturated carbocycles. The number of hydrogen-bond acceptors (Lipinski definition) is 8. The Labute approximate surface area is 257 Å². The predicted octanol–water partition coefficient (Wildman–Crippen LogP) is 4.00. The van der Waals surface area contributed by atoms with E-state index in [9.17, 15) is 19.5 Å². The number of rotatable bonds is 10. The summed E-state index contributed by atoms with van der Waals surface area (Å²) in [5.74, 6) is -1.15. The number of methoxy groups -OCH3 is 1. The second-order valence-corrected chi connectivity index (χ2v) is 13.1. The number of benzene rings is 1. The molecule has 6 atom stereocenters. The number of amides is 2. The summed E-state index contributed by atoms with van der Waals surface area (Å²) < 4.78 is 24.0. The zero-order valence-corrected chi connectivity index (χ0v) is 26.1. The van der Waals surface area contributed by atoms with Crippen LogP contribution in [0.1, 0.15) is 58.4 Å². The molecule has 2 aromatic rings. The maximum atomic E-state index is 14.3. The third kappa shape index (κ3) is 6.12. The van der Waals surface area contributed by atoms with Gasteiger partial charge < -0.3 is 34.3 Å². The number of carbonyl (C=O) groups excluding carboxylic acids is 2. The first-order valence-corrected chi connectivity index (χ1v) is 15.2. The Hall–Kier alpha value is -3.70. The van der Waals surface area contributed by atoms with Gasteiger partial charge in [0.1, 0.15) is 35.3 Å². The number of carboxylic acids is 1. The van der Waals surface area contributed by atoms with Gasteiger partial charge in [-0.05, 0) is 56.2 Å². The average molecular weight is 610 g/mol. The van der Waals surface area contributed by atoms with Crippen molar-refractivity contribution in [2.45, 2.75) is 89.9 Å². The second kappa shape index (κ2) is 12.4. The Kier molecular flexibility index (Phi) is 8.91. The Bertz CT molecular complexity index is 1430. The zero-order chi connectivity index (χ0) is 31.8. The van der Waals surface area contributed by atoms with Crippen LogP contribution in [0.2, 0.25) is 0 Å². The summed E-state index contributed by atoms with van der Waals surface area (Å²) in [5, 5.41) is 13.5. The van der Waals surface area contributed by atoms with Crippen LogP contribution >= 0.6 is 0 Å². The van der Waals surface area contributed by atoms with Crippen molar-refractivity contribution in [2.24, 2.45) is 11.3 Å². The average Bonchev–Trinajstić information content (AvgIpc) is 3.55. The second-order valence-electron chi connectivity index (χ2n) is 13.1. The Balaban J connectivity index is 1.44. The first-order valence-electron chi connectivity index (χ1n) is 15.2. The monoisotopic (exact) mass is 609 g/mol. The molecule has 238 valence electrons. The molecule has 5 rings (SSSR count). The summed E-state index contributed by atoms with van der Waals surface area (Å²) >= 11 is 0. The topological polar surface area (TPSA) is 137 Å². The number of ether oxygens (including phenoxy) is 4. The van der Waals surface area contributed by atoms with Crippen LogP contribution in [0.4, 0.5) is 0 Å². The van der Waals surface area contributed by atoms with E-state index < -0.39 is 47.4 Å². The van der Waals surface area contributed by atoms with Crippen molar-refractivity contribution in [3.63, 3.8) is 0 Å². The predicted molar refractivity (Wildman–Crippen MR) is 162 cm³/mol. The van der Waals surface area contributed by atoms with Crippen LogP contribution in [-0.4, -0.2) is 83.1 Å². The number of fused-ring (bicyclic) bond motifs is 1. The van der Waals surface area contributed by atoms with Crippen molar-refractivity contribution < 1.29 is 38.4 Å². The lowest BCUT2D eigenvalue weighted by atomic mass is 9.87. The third-order valence-electron chi connectivity index (χ3n) is 8.90. The van der Waals surface area contributed by atoms with E-state index >= 15 is 0 Å². The lowest BCUT2D eigenvalue weighted by molar-refractivity contribution is -0.213. The first kappa shape index (κ1) is 31.7. The standard InChI is InChI=1S/C33H43N3O8/c1-7-20-17-33(20,31(39)40)35-29(37)23-16-21(43-25-13-14-34-27-19(2)24(41-6)12-11-22(25)27)18-36(23)30(38)28(32(3,4)5)44-26-10-8-9-15-42-26/h7,11-14,20-21,23,26,28H,1,8-10,15-18H2,2-6H3,(H,35,37)(H,39,40)/t20?,21-,23?,26?,28-,33-/m1/s1. The molecule has 3 fully saturated rings. The number of likely N-dealkylation sites (tertiary alicyclic amines) is 1. The minimum atomic E-state index is -1.43. The molecule has 3 aliphatic rings. The molecular formula is C33H43N3O8. The number of aliphatic carboxylic acids is 1. The van der Waals surface area contributed by atoms with Crippen LogP contribution in [-0.2, 0) is 23.9 Å². The molecule has 1 aromatic carbocycles. The fraction of sp³-hybridized carbons (Fsp3) is 0.576. The maximum Gasteiger partial charge on any atom is 0.330 e. The lowest BCUT2D eigenvalue weighted by Crippen LogP contribution is -2.56. The number of pyridine rings is 1. The third-order valence-corrected chi connectivity index (χ3v) is 8.90. The van der Waals surface area contributed by atoms with Gasteiger partial charge in [-0.2, -0.15) is 0 Å². The zero-order valence-electron chi connectivity index (χ0n) is 26.1. The molecule has 2 aliphatic heterocycles. The summed E-state index contributed by atoms with van der Waals surface area (Å²) in [7, 11) is 1.60. The summed E-state index contributed by atoms with van der Waals surface area (Å²) in [6.45, 7) is 12.0. The number of hydrogen-bond donors (Lipinski definition) is 2. The summed E-state index contributed by atoms with van der Waals surface area (Å²) in [4.78, 5) is 46.3. The molecule has 0 bridgehead atoms. The van der Waals surface area contributed by atoms with Gasteiger partial charge in [0, 0.05) is 36.1 Å². The molecule has 11 heteroatoms. The van der Waals surface area contributed by atoms with E-state index in [-0.39, 0.29) is 31.2 Å². The molecule has 1 aromatic heterocycles. The van der Waals surface area contributed by atoms with Gasteiger partial charge >= 0.3 is 5.97 Å². The molecule has 11 nitrogen and oxygen atoms in total. The van der Waals surface area contributed by atoms with E-state index in [1.807, 2.05) is 39.8 Å². The van der Waals surface area contributed by atoms with Gasteiger partial charge in [-0.15, -0.1) is 6.58 Å². The van der Waals surface area contributed by atoms with Crippen LogP contribution in [0.3, 0.4) is 0 Å². The highest BCUT2D eigenvalue weighted by molar-refractivity contribution is 5.95. The number of aryl methyl sites for hydroxylation is 1. The van der Waals surface area contributed by atoms with Crippen LogP contribution < -0.4 is 14.8 Å². The van der Waals surface area contributed by atoms with Gasteiger partial charge in [0.2, 0.25) is 5.91 Å². The molecule has 0 radical (unpaired) electrons. The van der Waals surface area contributed by atoms with Crippen molar-refractivity contribution in [1.29, 1.82) is 0 Å². The van der Waals surface area contributed by atoms with Crippen LogP contribution in [0.15, 0.2) is 37.1 Å². The minimum absolute atomic E-state index is 0.113. The smallest absolute Gasteiger partial charge is 0.330 e. The fourth-order valence-electron chi connectivity index (χ4n) is 6.27. The summed E-state index contributed by atoms with van der Waals surface area (Å²) in [6, 6.07) is 4.51. The highest BCUT2D eigenvalue weighted by Crippen LogP contribution is 2.45. The van der Waals surface area contributed by atoms with E-state index in [1.54, 1.807) is 19.4 Å². The SMILES string of the molecule is C=CC1C[C@]1(NC(=O)C1C[C@@H](Oc2ccnc3c(C)c(OC)ccc23)CN1C(=O)[C@@H](OC1CCCCO1)C(C)(C)C)C(=O)O. The van der Waals surface area contributed by atoms with Crippen molar-refractivity contribution >= 4 is 28.7 Å². The molecule has 3 unspecified atom stereocenters. The lowest BCUT2D eigenvalue weighted by Gasteiger charge is -2.37. The molecule has 2 N–H and O–H groups in total. The van der Waals surface area contributed by atoms with E-state index in [0.29, 0.717) is 24.5 Å². The molecule has 1 aliphatic carbocycles. The molecule has 3 heterocycles. The van der Waals surface area contributed by atoms with Crippen LogP contribution in [0, 0.1) is 18.3 Å². The van der Waals surface area contributed by atoms with E-state index in [4.69, 9.17) is 18.9 Å². The van der Waals surface area contributed by atoms with Crippen molar-refractivity contribution in [3.8, 4) is 11.5 Å². The first-order chi connectivity index (χ1) is 20.9. The van der Waals surface area contributed by atoms with E-state index in [0.717, 1.165) is 29.3 Å². The number of carbonyl (C=O) groups is 3. The molecule has 2 saturated heterocycles. The van der Waals surface area contributed by atoms with Gasteiger partial charge in [0.15, 0.2) is 6.29 Å². The van der Waals surface area contributed by atoms with Gasteiger partial charge in [-0.3, -0.25) is 14.6 Å². The number of aromatic nitrogens is 1. The number of nitrogens with one attached hydrogen (secondary N) is 1. The normalized spacial score (nSPS) is 27.4. The number of nitrogens with zero attached hydrogens (tertiary/aromatic N) is 2. The minimum Gasteiger partial charge on any atom is -0.496 e. The fourth-order valence-corrected chi connectivity index (χ4v) is 6.27. The largest absolute Gasteiger partial charge is 0.496 e. The van der Waals surface area contributed by atoms with Crippen molar-refractivity contribution in [1.82, 2.24) is 15.2 Å². The Morgan fingerprint density at radius 3 is 2.61 bits per heavy atom. The van der Waals surface area contributed by atoms with Crippen molar-refractivity contribution in [3.05, 3.63) is 42.6 Å². The highest BCUT2D eigenvalue weighted by atomic mass is 16.7. The van der Waals surface area contributed by atoms with Crippen molar-refractivity contribution in [2.75, 3.05) is 20.3 Å². The Morgan fingerprint density at radius 2 is 2.00 bits per heavy atom. The van der Waals surface area contributed by atoms with Crippen LogP contribution in [0.5, 0.6) is 11.5 Å². The molecule has 2 amide bonds. The highest BCUT2D eigenvalue weighted by Gasteiger charge is 2.61. The summed E-state index contributed by atoms with van der Waals surface area (Å²) in [5.41, 5.74) is -0.447. The molecule has 0 spiro atoms. The molecule has 44 heavy (non-hydrogen) atoms. The van der Waals surface area contributed by atoms with Gasteiger partial charge in [-0.25, -0.2) is 4.79 Å². The van der Waals surface area contributed by atoms with Gasteiger partial charge in [0.25, 0.3) is 5.91 Å². The maximum absolute atomic E-state index is 14.3. The Morgan fingerprint density at radius 1 is 1.23 bits per heavy atom. The van der Waals surface area contributed by atoms with Gasteiger partial charge in [0.05, 0.1) is 19.2 Å².